The number of halogens is 1. The second kappa shape index (κ2) is 9.61. The first-order valence-electron chi connectivity index (χ1n) is 10.5. The summed E-state index contributed by atoms with van der Waals surface area (Å²) in [4.78, 5) is 14.4. The minimum absolute atomic E-state index is 0.0367. The van der Waals surface area contributed by atoms with Gasteiger partial charge in [-0.3, -0.25) is 4.90 Å². The summed E-state index contributed by atoms with van der Waals surface area (Å²) in [7, 11) is 1.73. The van der Waals surface area contributed by atoms with Crippen LogP contribution in [-0.2, 0) is 11.3 Å². The molecule has 3 aromatic carbocycles. The number of nitrogens with zero attached hydrogens (tertiary/aromatic N) is 1. The molecule has 4 nitrogen and oxygen atoms in total. The molecule has 0 aliphatic rings. The minimum atomic E-state index is -0.590. The highest BCUT2D eigenvalue weighted by atomic mass is 35.5. The van der Waals surface area contributed by atoms with E-state index in [4.69, 9.17) is 21.1 Å². The van der Waals surface area contributed by atoms with Crippen LogP contribution in [-0.4, -0.2) is 24.6 Å². The Kier molecular flexibility index (Phi) is 7.11. The molecule has 0 aliphatic heterocycles. The number of fused-ring (bicyclic) bond motifs is 1. The average molecular weight is 440 g/mol. The Hall–Kier alpha value is -2.72. The lowest BCUT2D eigenvalue weighted by atomic mass is 9.93. The number of rotatable bonds is 6. The average Bonchev–Trinajstić information content (AvgIpc) is 2.75. The van der Waals surface area contributed by atoms with E-state index in [9.17, 15) is 4.79 Å². The van der Waals surface area contributed by atoms with E-state index in [2.05, 4.69) is 13.0 Å². The van der Waals surface area contributed by atoms with Crippen molar-refractivity contribution in [2.75, 3.05) is 17.8 Å². The third kappa shape index (κ3) is 5.50. The van der Waals surface area contributed by atoms with E-state index in [1.54, 1.807) is 11.9 Å². The second-order valence-corrected chi connectivity index (χ2v) is 9.03. The topological polar surface area (TPSA) is 38.8 Å². The number of ether oxygens (including phenoxy) is 2. The predicted octanol–water partition coefficient (Wildman–Crippen LogP) is 7.13. The van der Waals surface area contributed by atoms with Gasteiger partial charge in [-0.25, -0.2) is 4.79 Å². The summed E-state index contributed by atoms with van der Waals surface area (Å²) < 4.78 is 11.9. The molecule has 0 fully saturated rings. The fourth-order valence-corrected chi connectivity index (χ4v) is 3.66. The molecule has 0 heterocycles. The van der Waals surface area contributed by atoms with Gasteiger partial charge in [0, 0.05) is 24.4 Å². The quantitative estimate of drug-likeness (QED) is 0.383. The van der Waals surface area contributed by atoms with Crippen molar-refractivity contribution in [3.05, 3.63) is 71.8 Å². The van der Waals surface area contributed by atoms with Gasteiger partial charge >= 0.3 is 6.09 Å². The smallest absolute Gasteiger partial charge is 0.414 e. The van der Waals surface area contributed by atoms with Crippen molar-refractivity contribution in [2.45, 2.75) is 45.8 Å². The van der Waals surface area contributed by atoms with Crippen LogP contribution < -0.4 is 9.64 Å². The predicted molar refractivity (Wildman–Crippen MR) is 128 cm³/mol. The first kappa shape index (κ1) is 23.0. The molecule has 0 spiro atoms. The molecule has 0 saturated carbocycles. The maximum absolute atomic E-state index is 12.9. The van der Waals surface area contributed by atoms with Gasteiger partial charge in [0.2, 0.25) is 0 Å². The van der Waals surface area contributed by atoms with Gasteiger partial charge in [0.05, 0.1) is 5.69 Å². The van der Waals surface area contributed by atoms with Crippen LogP contribution in [0.3, 0.4) is 0 Å². The molecule has 0 saturated heterocycles. The normalized spacial score (nSPS) is 12.5. The number of carbonyl (C=O) groups excluding carboxylic acids is 1. The maximum atomic E-state index is 12.9. The number of carbonyl (C=O) groups is 1. The Labute approximate surface area is 189 Å². The molecule has 31 heavy (non-hydrogen) atoms. The maximum Gasteiger partial charge on any atom is 0.414 e. The molecule has 1 amide bonds. The van der Waals surface area contributed by atoms with Gasteiger partial charge in [0.15, 0.2) is 0 Å². The number of hydrogen-bond acceptors (Lipinski definition) is 3. The molecule has 1 unspecified atom stereocenters. The van der Waals surface area contributed by atoms with E-state index in [0.29, 0.717) is 12.5 Å². The molecule has 5 heteroatoms. The van der Waals surface area contributed by atoms with Crippen LogP contribution in [0.5, 0.6) is 5.75 Å². The Morgan fingerprint density at radius 3 is 2.26 bits per heavy atom. The number of benzene rings is 3. The fourth-order valence-electron chi connectivity index (χ4n) is 3.51. The standard InChI is InChI=1S/C26H30ClNO3/c1-18(16-27)24-21-14-10-9-13-20(21)23(30-17-19-11-7-6-8-12-19)15-22(24)28(5)25(29)31-26(2,3)4/h6-15,18H,16-17H2,1-5H3. The minimum Gasteiger partial charge on any atom is -0.488 e. The van der Waals surface area contributed by atoms with Gasteiger partial charge in [-0.2, -0.15) is 0 Å². The van der Waals surface area contributed by atoms with Crippen molar-refractivity contribution >= 4 is 34.2 Å². The molecule has 0 aromatic heterocycles. The van der Waals surface area contributed by atoms with Crippen molar-refractivity contribution < 1.29 is 14.3 Å². The third-order valence-corrected chi connectivity index (χ3v) is 5.48. The number of hydrogen-bond donors (Lipinski definition) is 0. The summed E-state index contributed by atoms with van der Waals surface area (Å²) in [6, 6.07) is 20.0. The van der Waals surface area contributed by atoms with Gasteiger partial charge in [-0.15, -0.1) is 11.6 Å². The molecule has 0 aliphatic carbocycles. The zero-order chi connectivity index (χ0) is 22.6. The van der Waals surface area contributed by atoms with Crippen LogP contribution in [0.4, 0.5) is 10.5 Å². The Morgan fingerprint density at radius 1 is 1.03 bits per heavy atom. The van der Waals surface area contributed by atoms with E-state index in [1.807, 2.05) is 75.4 Å². The first-order valence-corrected chi connectivity index (χ1v) is 11.0. The fraction of sp³-hybridized carbons (Fsp3) is 0.346. The monoisotopic (exact) mass is 439 g/mol. The number of amides is 1. The molecule has 0 N–H and O–H groups in total. The van der Waals surface area contributed by atoms with Gasteiger partial charge in [0.25, 0.3) is 0 Å². The summed E-state index contributed by atoms with van der Waals surface area (Å²) in [6.45, 7) is 8.07. The van der Waals surface area contributed by atoms with Crippen LogP contribution in [0.25, 0.3) is 10.8 Å². The summed E-state index contributed by atoms with van der Waals surface area (Å²) in [5.41, 5.74) is 2.23. The van der Waals surface area contributed by atoms with E-state index >= 15 is 0 Å². The lowest BCUT2D eigenvalue weighted by Gasteiger charge is -2.28. The van der Waals surface area contributed by atoms with Crippen LogP contribution in [0.2, 0.25) is 0 Å². The van der Waals surface area contributed by atoms with Crippen molar-refractivity contribution in [2.24, 2.45) is 0 Å². The van der Waals surface area contributed by atoms with E-state index in [1.165, 1.54) is 0 Å². The zero-order valence-corrected chi connectivity index (χ0v) is 19.6. The van der Waals surface area contributed by atoms with E-state index in [0.717, 1.165) is 33.3 Å². The highest BCUT2D eigenvalue weighted by molar-refractivity contribution is 6.18. The summed E-state index contributed by atoms with van der Waals surface area (Å²) >= 11 is 6.26. The lowest BCUT2D eigenvalue weighted by molar-refractivity contribution is 0.0589. The van der Waals surface area contributed by atoms with E-state index < -0.39 is 11.7 Å². The highest BCUT2D eigenvalue weighted by Crippen LogP contribution is 2.41. The van der Waals surface area contributed by atoms with Gasteiger partial charge in [0.1, 0.15) is 18.0 Å². The molecule has 1 atom stereocenters. The van der Waals surface area contributed by atoms with Gasteiger partial charge in [-0.05, 0) is 43.2 Å². The van der Waals surface area contributed by atoms with Crippen molar-refractivity contribution in [1.82, 2.24) is 0 Å². The highest BCUT2D eigenvalue weighted by Gasteiger charge is 2.26. The van der Waals surface area contributed by atoms with Crippen molar-refractivity contribution in [1.29, 1.82) is 0 Å². The van der Waals surface area contributed by atoms with Gasteiger partial charge in [-0.1, -0.05) is 61.5 Å². The van der Waals surface area contributed by atoms with E-state index in [-0.39, 0.29) is 5.92 Å². The number of alkyl halides is 1. The first-order chi connectivity index (χ1) is 14.7. The zero-order valence-electron chi connectivity index (χ0n) is 18.8. The molecule has 164 valence electrons. The Bertz CT molecular complexity index is 1040. The molecule has 3 aromatic rings. The molecule has 0 radical (unpaired) electrons. The molecular weight excluding hydrogens is 410 g/mol. The Balaban J connectivity index is 2.11. The third-order valence-electron chi connectivity index (χ3n) is 5.02. The molecular formula is C26H30ClNO3. The van der Waals surface area contributed by atoms with Crippen LogP contribution in [0.15, 0.2) is 60.7 Å². The summed E-state index contributed by atoms with van der Waals surface area (Å²) in [5, 5.41) is 2.01. The van der Waals surface area contributed by atoms with Crippen LogP contribution in [0, 0.1) is 0 Å². The van der Waals surface area contributed by atoms with Crippen molar-refractivity contribution in [3.8, 4) is 5.75 Å². The summed E-state index contributed by atoms with van der Waals surface area (Å²) in [6.07, 6.45) is -0.417. The second-order valence-electron chi connectivity index (χ2n) is 8.72. The molecule has 0 bridgehead atoms. The lowest BCUT2D eigenvalue weighted by Crippen LogP contribution is -2.34. The Morgan fingerprint density at radius 2 is 1.65 bits per heavy atom. The van der Waals surface area contributed by atoms with Gasteiger partial charge < -0.3 is 9.47 Å². The number of anilines is 1. The van der Waals surface area contributed by atoms with Crippen molar-refractivity contribution in [3.63, 3.8) is 0 Å². The molecule has 3 rings (SSSR count). The van der Waals surface area contributed by atoms with Crippen LogP contribution in [0.1, 0.15) is 44.7 Å². The largest absolute Gasteiger partial charge is 0.488 e. The summed E-state index contributed by atoms with van der Waals surface area (Å²) in [5.74, 6) is 1.19. The SMILES string of the molecule is CC(CCl)c1c(N(C)C(=O)OC(C)(C)C)cc(OCc2ccccc2)c2ccccc12. The van der Waals surface area contributed by atoms with Crippen LogP contribution >= 0.6 is 11.6 Å².